The zero-order valence-electron chi connectivity index (χ0n) is 10.4. The Bertz CT molecular complexity index is 729. The van der Waals surface area contributed by atoms with Crippen molar-refractivity contribution < 1.29 is 4.42 Å². The van der Waals surface area contributed by atoms with E-state index in [2.05, 4.69) is 26.0 Å². The maximum absolute atomic E-state index is 5.85. The largest absolute Gasteiger partial charge is 0.463 e. The summed E-state index contributed by atoms with van der Waals surface area (Å²) in [7, 11) is 0. The number of aromatic nitrogens is 2. The van der Waals surface area contributed by atoms with Crippen LogP contribution in [0.3, 0.4) is 0 Å². The van der Waals surface area contributed by atoms with Crippen LogP contribution in [0.1, 0.15) is 5.76 Å². The van der Waals surface area contributed by atoms with Gasteiger partial charge in [0.05, 0.1) is 24.4 Å². The van der Waals surface area contributed by atoms with Crippen LogP contribution in [0.4, 0.5) is 5.95 Å². The summed E-state index contributed by atoms with van der Waals surface area (Å²) in [5, 5.41) is 4.31. The minimum absolute atomic E-state index is 0.325. The SMILES string of the molecule is Nc1ncc(-c2ccc(Br)cc2)n1N=Cc1ccco1. The van der Waals surface area contributed by atoms with Gasteiger partial charge in [-0.3, -0.25) is 0 Å². The van der Waals surface area contributed by atoms with E-state index in [9.17, 15) is 0 Å². The zero-order chi connectivity index (χ0) is 13.9. The van der Waals surface area contributed by atoms with Gasteiger partial charge in [0.25, 0.3) is 0 Å². The summed E-state index contributed by atoms with van der Waals surface area (Å²) in [6.07, 6.45) is 4.88. The standard InChI is InChI=1S/C14H11BrN4O/c15-11-5-3-10(4-6-11)13-9-17-14(16)19(13)18-8-12-2-1-7-20-12/h1-9H,(H2,16,17). The number of hydrogen-bond donors (Lipinski definition) is 1. The van der Waals surface area contributed by atoms with Crippen LogP contribution < -0.4 is 5.73 Å². The summed E-state index contributed by atoms with van der Waals surface area (Å²) in [5.41, 5.74) is 7.64. The lowest BCUT2D eigenvalue weighted by Gasteiger charge is -2.03. The van der Waals surface area contributed by atoms with Crippen molar-refractivity contribution in [3.8, 4) is 11.3 Å². The van der Waals surface area contributed by atoms with Gasteiger partial charge in [0.15, 0.2) is 0 Å². The Morgan fingerprint density at radius 3 is 2.75 bits per heavy atom. The lowest BCUT2D eigenvalue weighted by molar-refractivity contribution is 0.559. The van der Waals surface area contributed by atoms with E-state index in [1.165, 1.54) is 0 Å². The van der Waals surface area contributed by atoms with Gasteiger partial charge in [-0.1, -0.05) is 28.1 Å². The van der Waals surface area contributed by atoms with E-state index in [1.807, 2.05) is 30.3 Å². The molecular weight excluding hydrogens is 320 g/mol. The average molecular weight is 331 g/mol. The van der Waals surface area contributed by atoms with E-state index < -0.39 is 0 Å². The normalized spacial score (nSPS) is 11.2. The number of anilines is 1. The van der Waals surface area contributed by atoms with Crippen molar-refractivity contribution in [2.75, 3.05) is 5.73 Å². The highest BCUT2D eigenvalue weighted by molar-refractivity contribution is 9.10. The first kappa shape index (κ1) is 12.7. The van der Waals surface area contributed by atoms with E-state index in [0.717, 1.165) is 15.7 Å². The van der Waals surface area contributed by atoms with Gasteiger partial charge in [-0.05, 0) is 24.3 Å². The second-order valence-electron chi connectivity index (χ2n) is 4.08. The minimum Gasteiger partial charge on any atom is -0.463 e. The van der Waals surface area contributed by atoms with E-state index in [0.29, 0.717) is 11.7 Å². The predicted molar refractivity (Wildman–Crippen MR) is 81.5 cm³/mol. The molecule has 2 heterocycles. The third-order valence-corrected chi connectivity index (χ3v) is 3.28. The van der Waals surface area contributed by atoms with Crippen LogP contribution >= 0.6 is 15.9 Å². The molecule has 0 atom stereocenters. The number of furan rings is 1. The molecule has 0 aliphatic rings. The first-order chi connectivity index (χ1) is 9.74. The highest BCUT2D eigenvalue weighted by Crippen LogP contribution is 2.23. The van der Waals surface area contributed by atoms with Crippen LogP contribution in [0, 0.1) is 0 Å². The summed E-state index contributed by atoms with van der Waals surface area (Å²) >= 11 is 3.41. The lowest BCUT2D eigenvalue weighted by Crippen LogP contribution is -1.99. The first-order valence-electron chi connectivity index (χ1n) is 5.91. The fourth-order valence-corrected chi connectivity index (χ4v) is 2.04. The lowest BCUT2D eigenvalue weighted by atomic mass is 10.2. The summed E-state index contributed by atoms with van der Waals surface area (Å²) < 4.78 is 7.79. The molecule has 0 unspecified atom stereocenters. The van der Waals surface area contributed by atoms with Gasteiger partial charge in [0, 0.05) is 10.0 Å². The van der Waals surface area contributed by atoms with Crippen LogP contribution in [0.25, 0.3) is 11.3 Å². The zero-order valence-corrected chi connectivity index (χ0v) is 12.0. The molecule has 0 saturated heterocycles. The smallest absolute Gasteiger partial charge is 0.221 e. The Labute approximate surface area is 123 Å². The topological polar surface area (TPSA) is 69.3 Å². The van der Waals surface area contributed by atoms with Crippen molar-refractivity contribution in [1.82, 2.24) is 9.66 Å². The van der Waals surface area contributed by atoms with Crippen molar-refractivity contribution in [2.24, 2.45) is 5.10 Å². The van der Waals surface area contributed by atoms with E-state index in [1.54, 1.807) is 29.4 Å². The molecule has 2 aromatic heterocycles. The van der Waals surface area contributed by atoms with E-state index >= 15 is 0 Å². The van der Waals surface area contributed by atoms with Crippen LogP contribution in [0.5, 0.6) is 0 Å². The summed E-state index contributed by atoms with van der Waals surface area (Å²) in [6.45, 7) is 0. The fraction of sp³-hybridized carbons (Fsp3) is 0. The molecule has 5 nitrogen and oxygen atoms in total. The van der Waals surface area contributed by atoms with Gasteiger partial charge in [0.2, 0.25) is 5.95 Å². The Morgan fingerprint density at radius 1 is 1.25 bits per heavy atom. The number of imidazole rings is 1. The van der Waals surface area contributed by atoms with Gasteiger partial charge in [0.1, 0.15) is 5.76 Å². The Morgan fingerprint density at radius 2 is 2.05 bits per heavy atom. The van der Waals surface area contributed by atoms with E-state index in [4.69, 9.17) is 10.2 Å². The second kappa shape index (κ2) is 5.34. The third-order valence-electron chi connectivity index (χ3n) is 2.75. The first-order valence-corrected chi connectivity index (χ1v) is 6.70. The maximum Gasteiger partial charge on any atom is 0.221 e. The highest BCUT2D eigenvalue weighted by Gasteiger charge is 2.08. The van der Waals surface area contributed by atoms with Crippen molar-refractivity contribution in [1.29, 1.82) is 0 Å². The Balaban J connectivity index is 1.99. The van der Waals surface area contributed by atoms with Gasteiger partial charge >= 0.3 is 0 Å². The van der Waals surface area contributed by atoms with E-state index in [-0.39, 0.29) is 0 Å². The summed E-state index contributed by atoms with van der Waals surface area (Å²) in [6, 6.07) is 11.5. The van der Waals surface area contributed by atoms with Crippen LogP contribution in [-0.4, -0.2) is 15.9 Å². The number of benzene rings is 1. The molecular formula is C14H11BrN4O. The average Bonchev–Trinajstić information content (AvgIpc) is 3.07. The van der Waals surface area contributed by atoms with Gasteiger partial charge in [-0.15, -0.1) is 0 Å². The van der Waals surface area contributed by atoms with Crippen LogP contribution in [-0.2, 0) is 0 Å². The molecule has 0 spiro atoms. The number of halogens is 1. The van der Waals surface area contributed by atoms with Gasteiger partial charge < -0.3 is 10.2 Å². The third kappa shape index (κ3) is 2.50. The predicted octanol–water partition coefficient (Wildman–Crippen LogP) is 3.37. The molecule has 3 aromatic rings. The fourth-order valence-electron chi connectivity index (χ4n) is 1.78. The number of nitrogens with two attached hydrogens (primary N) is 1. The number of hydrogen-bond acceptors (Lipinski definition) is 4. The van der Waals surface area contributed by atoms with Crippen molar-refractivity contribution >= 4 is 28.1 Å². The molecule has 3 rings (SSSR count). The molecule has 2 N–H and O–H groups in total. The molecule has 0 radical (unpaired) electrons. The maximum atomic E-state index is 5.85. The molecule has 0 aliphatic carbocycles. The molecule has 0 aliphatic heterocycles. The van der Waals surface area contributed by atoms with Gasteiger partial charge in [-0.25, -0.2) is 4.98 Å². The molecule has 1 aromatic carbocycles. The molecule has 0 bridgehead atoms. The summed E-state index contributed by atoms with van der Waals surface area (Å²) in [5.74, 6) is 0.977. The molecule has 100 valence electrons. The Kier molecular flexibility index (Phi) is 3.39. The Hall–Kier alpha value is -2.34. The molecule has 0 saturated carbocycles. The van der Waals surface area contributed by atoms with Crippen molar-refractivity contribution in [2.45, 2.75) is 0 Å². The van der Waals surface area contributed by atoms with Gasteiger partial charge in [-0.2, -0.15) is 9.78 Å². The second-order valence-corrected chi connectivity index (χ2v) is 5.00. The van der Waals surface area contributed by atoms with Crippen molar-refractivity contribution in [3.63, 3.8) is 0 Å². The van der Waals surface area contributed by atoms with Crippen LogP contribution in [0.2, 0.25) is 0 Å². The minimum atomic E-state index is 0.325. The highest BCUT2D eigenvalue weighted by atomic mass is 79.9. The summed E-state index contributed by atoms with van der Waals surface area (Å²) in [4.78, 5) is 4.10. The quantitative estimate of drug-likeness (QED) is 0.748. The number of nitrogen functional groups attached to an aromatic ring is 1. The molecule has 0 amide bonds. The van der Waals surface area contributed by atoms with Crippen LogP contribution in [0.15, 0.2) is 62.8 Å². The number of rotatable bonds is 3. The van der Waals surface area contributed by atoms with Crippen molar-refractivity contribution in [3.05, 3.63) is 59.1 Å². The monoisotopic (exact) mass is 330 g/mol. The molecule has 6 heteroatoms. The number of nitrogens with zero attached hydrogens (tertiary/aromatic N) is 3. The molecule has 20 heavy (non-hydrogen) atoms. The molecule has 0 fully saturated rings.